The van der Waals surface area contributed by atoms with Crippen molar-refractivity contribution in [3.8, 4) is 0 Å². The summed E-state index contributed by atoms with van der Waals surface area (Å²) in [6, 6.07) is 11.9. The zero-order valence-corrected chi connectivity index (χ0v) is 12.3. The van der Waals surface area contributed by atoms with Gasteiger partial charge in [0.2, 0.25) is 5.95 Å². The van der Waals surface area contributed by atoms with Crippen molar-refractivity contribution in [3.63, 3.8) is 0 Å². The third-order valence-corrected chi connectivity index (χ3v) is 3.72. The number of anilines is 2. The van der Waals surface area contributed by atoms with E-state index in [1.807, 2.05) is 6.07 Å². The minimum atomic E-state index is 0.380. The molecule has 0 spiro atoms. The predicted octanol–water partition coefficient (Wildman–Crippen LogP) is 3.11. The lowest BCUT2D eigenvalue weighted by atomic mass is 10.2. The van der Waals surface area contributed by atoms with Gasteiger partial charge in [-0.2, -0.15) is 0 Å². The Balaban J connectivity index is 1.69. The van der Waals surface area contributed by atoms with E-state index in [4.69, 9.17) is 23.2 Å². The van der Waals surface area contributed by atoms with Gasteiger partial charge in [0.15, 0.2) is 0 Å². The average molecular weight is 309 g/mol. The molecule has 0 N–H and O–H groups in total. The normalized spacial score (nSPS) is 15.5. The van der Waals surface area contributed by atoms with E-state index in [1.165, 1.54) is 5.69 Å². The topological polar surface area (TPSA) is 32.3 Å². The maximum Gasteiger partial charge on any atom is 0.228 e. The van der Waals surface area contributed by atoms with Gasteiger partial charge >= 0.3 is 0 Å². The van der Waals surface area contributed by atoms with Crippen LogP contribution >= 0.6 is 23.2 Å². The van der Waals surface area contributed by atoms with Crippen LogP contribution in [0.3, 0.4) is 0 Å². The second-order valence-electron chi connectivity index (χ2n) is 4.62. The molecule has 0 unspecified atom stereocenters. The van der Waals surface area contributed by atoms with Crippen LogP contribution in [0.15, 0.2) is 36.4 Å². The highest BCUT2D eigenvalue weighted by Gasteiger charge is 2.19. The molecule has 104 valence electrons. The minimum absolute atomic E-state index is 0.380. The number of rotatable bonds is 2. The second-order valence-corrected chi connectivity index (χ2v) is 5.40. The predicted molar refractivity (Wildman–Crippen MR) is 82.9 cm³/mol. The molecule has 0 atom stereocenters. The van der Waals surface area contributed by atoms with Crippen molar-refractivity contribution in [1.82, 2.24) is 9.97 Å². The van der Waals surface area contributed by atoms with E-state index >= 15 is 0 Å². The number of hydrogen-bond acceptors (Lipinski definition) is 4. The van der Waals surface area contributed by atoms with Gasteiger partial charge < -0.3 is 9.80 Å². The Kier molecular flexibility index (Phi) is 3.94. The first kappa shape index (κ1) is 13.5. The molecule has 1 saturated heterocycles. The number of benzene rings is 1. The summed E-state index contributed by atoms with van der Waals surface area (Å²) in [4.78, 5) is 12.9. The van der Waals surface area contributed by atoms with Gasteiger partial charge in [-0.05, 0) is 12.1 Å². The Morgan fingerprint density at radius 1 is 0.800 bits per heavy atom. The van der Waals surface area contributed by atoms with Gasteiger partial charge in [-0.15, -0.1) is 0 Å². The monoisotopic (exact) mass is 308 g/mol. The highest BCUT2D eigenvalue weighted by Crippen LogP contribution is 2.20. The summed E-state index contributed by atoms with van der Waals surface area (Å²) in [5.41, 5.74) is 1.25. The second kappa shape index (κ2) is 5.85. The molecular weight excluding hydrogens is 295 g/mol. The molecule has 6 heteroatoms. The molecule has 3 rings (SSSR count). The van der Waals surface area contributed by atoms with Crippen LogP contribution in [-0.2, 0) is 0 Å². The molecule has 0 radical (unpaired) electrons. The number of piperazine rings is 1. The van der Waals surface area contributed by atoms with Gasteiger partial charge in [0.05, 0.1) is 0 Å². The lowest BCUT2D eigenvalue weighted by Gasteiger charge is -2.36. The van der Waals surface area contributed by atoms with Crippen LogP contribution in [0.2, 0.25) is 10.3 Å². The lowest BCUT2D eigenvalue weighted by molar-refractivity contribution is 0.640. The molecule has 1 aromatic heterocycles. The quantitative estimate of drug-likeness (QED) is 0.798. The Morgan fingerprint density at radius 3 is 1.95 bits per heavy atom. The maximum absolute atomic E-state index is 5.92. The highest BCUT2D eigenvalue weighted by molar-refractivity contribution is 6.33. The molecular formula is C14H14Cl2N4. The Labute approximate surface area is 128 Å². The summed E-state index contributed by atoms with van der Waals surface area (Å²) in [5, 5.41) is 0.760. The zero-order chi connectivity index (χ0) is 13.9. The highest BCUT2D eigenvalue weighted by atomic mass is 35.5. The molecule has 2 heterocycles. The molecule has 0 amide bonds. The van der Waals surface area contributed by atoms with E-state index < -0.39 is 0 Å². The molecule has 0 bridgehead atoms. The lowest BCUT2D eigenvalue weighted by Crippen LogP contribution is -2.47. The Morgan fingerprint density at radius 2 is 1.35 bits per heavy atom. The van der Waals surface area contributed by atoms with Gasteiger partial charge in [-0.25, -0.2) is 9.97 Å². The smallest absolute Gasteiger partial charge is 0.228 e. The first-order chi connectivity index (χ1) is 9.72. The van der Waals surface area contributed by atoms with Crippen molar-refractivity contribution in [3.05, 3.63) is 46.7 Å². The summed E-state index contributed by atoms with van der Waals surface area (Å²) in [5.74, 6) is 0.607. The molecule has 1 aliphatic heterocycles. The summed E-state index contributed by atoms with van der Waals surface area (Å²) in [7, 11) is 0. The summed E-state index contributed by atoms with van der Waals surface area (Å²) in [6.07, 6.45) is 0. The molecule has 0 aliphatic carbocycles. The van der Waals surface area contributed by atoms with Gasteiger partial charge in [-0.3, -0.25) is 0 Å². The fourth-order valence-corrected chi connectivity index (χ4v) is 2.74. The Hall–Kier alpha value is -1.52. The number of hydrogen-bond donors (Lipinski definition) is 0. The number of aromatic nitrogens is 2. The van der Waals surface area contributed by atoms with Crippen LogP contribution < -0.4 is 9.80 Å². The standard InChI is InChI=1S/C14H14Cl2N4/c15-12-10-13(16)18-14(17-12)20-8-6-19(7-9-20)11-4-2-1-3-5-11/h1-5,10H,6-9H2. The van der Waals surface area contributed by atoms with Crippen LogP contribution in [0.4, 0.5) is 11.6 Å². The van der Waals surface area contributed by atoms with E-state index in [1.54, 1.807) is 6.07 Å². The van der Waals surface area contributed by atoms with Crippen molar-refractivity contribution in [2.75, 3.05) is 36.0 Å². The number of nitrogens with zero attached hydrogens (tertiary/aromatic N) is 4. The molecule has 20 heavy (non-hydrogen) atoms. The van der Waals surface area contributed by atoms with Gasteiger partial charge in [0.1, 0.15) is 10.3 Å². The molecule has 2 aromatic rings. The third-order valence-electron chi connectivity index (χ3n) is 3.34. The average Bonchev–Trinajstić information content (AvgIpc) is 2.47. The Bertz CT molecular complexity index is 563. The fourth-order valence-electron chi connectivity index (χ4n) is 2.32. The van der Waals surface area contributed by atoms with Crippen molar-refractivity contribution in [2.24, 2.45) is 0 Å². The molecule has 4 nitrogen and oxygen atoms in total. The van der Waals surface area contributed by atoms with Gasteiger partial charge in [-0.1, -0.05) is 41.4 Å². The number of para-hydroxylation sites is 1. The number of halogens is 2. The molecule has 0 saturated carbocycles. The summed E-state index contributed by atoms with van der Waals surface area (Å²) >= 11 is 11.8. The maximum atomic E-state index is 5.92. The van der Waals surface area contributed by atoms with Crippen molar-refractivity contribution >= 4 is 34.8 Å². The van der Waals surface area contributed by atoms with Crippen LogP contribution in [0.1, 0.15) is 0 Å². The molecule has 1 fully saturated rings. The van der Waals surface area contributed by atoms with Crippen LogP contribution in [0.25, 0.3) is 0 Å². The van der Waals surface area contributed by atoms with E-state index in [-0.39, 0.29) is 0 Å². The van der Waals surface area contributed by atoms with Gasteiger partial charge in [0, 0.05) is 37.9 Å². The van der Waals surface area contributed by atoms with Gasteiger partial charge in [0.25, 0.3) is 0 Å². The van der Waals surface area contributed by atoms with E-state index in [0.29, 0.717) is 16.3 Å². The van der Waals surface area contributed by atoms with Crippen molar-refractivity contribution in [2.45, 2.75) is 0 Å². The van der Waals surface area contributed by atoms with Crippen molar-refractivity contribution in [1.29, 1.82) is 0 Å². The van der Waals surface area contributed by atoms with Crippen LogP contribution in [0, 0.1) is 0 Å². The fraction of sp³-hybridized carbons (Fsp3) is 0.286. The van der Waals surface area contributed by atoms with Crippen molar-refractivity contribution < 1.29 is 0 Å². The summed E-state index contributed by atoms with van der Waals surface area (Å²) < 4.78 is 0. The molecule has 1 aliphatic rings. The van der Waals surface area contributed by atoms with Crippen LogP contribution in [0.5, 0.6) is 0 Å². The summed E-state index contributed by atoms with van der Waals surface area (Å²) in [6.45, 7) is 3.56. The minimum Gasteiger partial charge on any atom is -0.368 e. The van der Waals surface area contributed by atoms with E-state index in [0.717, 1.165) is 26.2 Å². The van der Waals surface area contributed by atoms with E-state index in [2.05, 4.69) is 44.0 Å². The third kappa shape index (κ3) is 2.97. The SMILES string of the molecule is Clc1cc(Cl)nc(N2CCN(c3ccccc3)CC2)n1. The zero-order valence-electron chi connectivity index (χ0n) is 10.8. The first-order valence-corrected chi connectivity index (χ1v) is 7.23. The largest absolute Gasteiger partial charge is 0.368 e. The molecule has 1 aromatic carbocycles. The van der Waals surface area contributed by atoms with Crippen LogP contribution in [-0.4, -0.2) is 36.1 Å². The first-order valence-electron chi connectivity index (χ1n) is 6.47. The van der Waals surface area contributed by atoms with E-state index in [9.17, 15) is 0 Å².